The van der Waals surface area contributed by atoms with Crippen molar-refractivity contribution < 1.29 is 4.84 Å². The SMILES string of the molecule is C1=CCC(CC2CCNO2)NC1. The fraction of sp³-hybridized carbons (Fsp3) is 0.778. The Bertz CT molecular complexity index is 164. The maximum atomic E-state index is 5.34. The molecule has 2 atom stereocenters. The summed E-state index contributed by atoms with van der Waals surface area (Å²) in [6.45, 7) is 2.03. The lowest BCUT2D eigenvalue weighted by molar-refractivity contribution is 0.0242. The zero-order chi connectivity index (χ0) is 8.23. The highest BCUT2D eigenvalue weighted by molar-refractivity contribution is 4.95. The second-order valence-corrected chi connectivity index (χ2v) is 3.47. The molecule has 0 aromatic rings. The van der Waals surface area contributed by atoms with Crippen molar-refractivity contribution in [3.63, 3.8) is 0 Å². The molecule has 0 saturated carbocycles. The Morgan fingerprint density at radius 1 is 1.42 bits per heavy atom. The summed E-state index contributed by atoms with van der Waals surface area (Å²) in [6.07, 6.45) is 8.31. The topological polar surface area (TPSA) is 33.3 Å². The monoisotopic (exact) mass is 168 g/mol. The molecule has 2 aliphatic heterocycles. The number of hydrogen-bond acceptors (Lipinski definition) is 3. The van der Waals surface area contributed by atoms with Crippen molar-refractivity contribution >= 4 is 0 Å². The van der Waals surface area contributed by atoms with Crippen molar-refractivity contribution in [2.75, 3.05) is 13.1 Å². The summed E-state index contributed by atoms with van der Waals surface area (Å²) in [5.74, 6) is 0. The summed E-state index contributed by atoms with van der Waals surface area (Å²) in [6, 6.07) is 0.625. The summed E-state index contributed by atoms with van der Waals surface area (Å²) in [7, 11) is 0. The minimum absolute atomic E-state index is 0.425. The molecule has 3 nitrogen and oxygen atoms in total. The molecule has 0 spiro atoms. The molecule has 0 bridgehead atoms. The summed E-state index contributed by atoms with van der Waals surface area (Å²) in [4.78, 5) is 5.34. The molecule has 68 valence electrons. The third-order valence-electron chi connectivity index (χ3n) is 2.48. The molecule has 0 aromatic heterocycles. The maximum Gasteiger partial charge on any atom is 0.0818 e. The van der Waals surface area contributed by atoms with Gasteiger partial charge in [0.2, 0.25) is 0 Å². The molecule has 2 unspecified atom stereocenters. The summed E-state index contributed by atoms with van der Waals surface area (Å²) in [5, 5.41) is 3.45. The normalized spacial score (nSPS) is 35.7. The van der Waals surface area contributed by atoms with Crippen LogP contribution in [0.3, 0.4) is 0 Å². The smallest absolute Gasteiger partial charge is 0.0818 e. The second-order valence-electron chi connectivity index (χ2n) is 3.47. The van der Waals surface area contributed by atoms with E-state index >= 15 is 0 Å². The van der Waals surface area contributed by atoms with E-state index in [2.05, 4.69) is 22.9 Å². The van der Waals surface area contributed by atoms with Crippen LogP contribution in [0.5, 0.6) is 0 Å². The highest BCUT2D eigenvalue weighted by atomic mass is 16.7. The van der Waals surface area contributed by atoms with E-state index in [1.54, 1.807) is 0 Å². The van der Waals surface area contributed by atoms with Crippen LogP contribution in [0.4, 0.5) is 0 Å². The first-order chi connectivity index (χ1) is 5.95. The van der Waals surface area contributed by atoms with E-state index < -0.39 is 0 Å². The molecule has 2 rings (SSSR count). The number of hydrogen-bond donors (Lipinski definition) is 2. The van der Waals surface area contributed by atoms with E-state index in [-0.39, 0.29) is 0 Å². The molecule has 2 N–H and O–H groups in total. The van der Waals surface area contributed by atoms with Gasteiger partial charge in [-0.15, -0.1) is 0 Å². The first-order valence-corrected chi connectivity index (χ1v) is 4.72. The van der Waals surface area contributed by atoms with Crippen LogP contribution in [0, 0.1) is 0 Å². The predicted octanol–water partition coefficient (Wildman–Crippen LogP) is 0.588. The first-order valence-electron chi connectivity index (χ1n) is 4.72. The van der Waals surface area contributed by atoms with Crippen molar-refractivity contribution in [2.45, 2.75) is 31.4 Å². The van der Waals surface area contributed by atoms with E-state index in [0.717, 1.165) is 32.4 Å². The quantitative estimate of drug-likeness (QED) is 0.592. The van der Waals surface area contributed by atoms with Gasteiger partial charge in [0.15, 0.2) is 0 Å². The van der Waals surface area contributed by atoms with Gasteiger partial charge in [0.1, 0.15) is 0 Å². The molecule has 2 heterocycles. The third kappa shape index (κ3) is 2.06. The van der Waals surface area contributed by atoms with Gasteiger partial charge in [0.25, 0.3) is 0 Å². The fourth-order valence-electron chi connectivity index (χ4n) is 1.78. The summed E-state index contributed by atoms with van der Waals surface area (Å²) >= 11 is 0. The lowest BCUT2D eigenvalue weighted by Crippen LogP contribution is -2.34. The van der Waals surface area contributed by atoms with Crippen molar-refractivity contribution in [1.29, 1.82) is 0 Å². The zero-order valence-corrected chi connectivity index (χ0v) is 7.25. The molecule has 0 radical (unpaired) electrons. The zero-order valence-electron chi connectivity index (χ0n) is 7.25. The van der Waals surface area contributed by atoms with E-state index in [4.69, 9.17) is 4.84 Å². The molecule has 1 saturated heterocycles. The number of rotatable bonds is 2. The second kappa shape index (κ2) is 4.03. The van der Waals surface area contributed by atoms with Gasteiger partial charge < -0.3 is 5.32 Å². The van der Waals surface area contributed by atoms with Crippen molar-refractivity contribution in [3.05, 3.63) is 12.2 Å². The van der Waals surface area contributed by atoms with Crippen molar-refractivity contribution in [1.82, 2.24) is 10.8 Å². The van der Waals surface area contributed by atoms with Gasteiger partial charge >= 0.3 is 0 Å². The van der Waals surface area contributed by atoms with Crippen LogP contribution in [0.1, 0.15) is 19.3 Å². The standard InChI is InChI=1S/C9H16N2O/c1-2-5-10-8(3-1)7-9-4-6-11-12-9/h1-2,8-11H,3-7H2. The van der Waals surface area contributed by atoms with Crippen molar-refractivity contribution in [2.24, 2.45) is 0 Å². The molecule has 2 aliphatic rings. The molecule has 3 heteroatoms. The highest BCUT2D eigenvalue weighted by Crippen LogP contribution is 2.14. The molecular formula is C9H16N2O. The van der Waals surface area contributed by atoms with Gasteiger partial charge in [0.05, 0.1) is 6.10 Å². The highest BCUT2D eigenvalue weighted by Gasteiger charge is 2.20. The largest absolute Gasteiger partial charge is 0.310 e. The Labute approximate surface area is 73.1 Å². The molecule has 12 heavy (non-hydrogen) atoms. The minimum atomic E-state index is 0.425. The Kier molecular flexibility index (Phi) is 2.76. The van der Waals surface area contributed by atoms with Gasteiger partial charge in [-0.2, -0.15) is 0 Å². The van der Waals surface area contributed by atoms with Gasteiger partial charge in [-0.1, -0.05) is 12.2 Å². The number of nitrogens with one attached hydrogen (secondary N) is 2. The van der Waals surface area contributed by atoms with Crippen LogP contribution < -0.4 is 10.8 Å². The van der Waals surface area contributed by atoms with Crippen LogP contribution in [-0.2, 0) is 4.84 Å². The summed E-state index contributed by atoms with van der Waals surface area (Å²) < 4.78 is 0. The van der Waals surface area contributed by atoms with E-state index in [9.17, 15) is 0 Å². The average molecular weight is 168 g/mol. The minimum Gasteiger partial charge on any atom is -0.310 e. The van der Waals surface area contributed by atoms with E-state index in [0.29, 0.717) is 12.1 Å². The molecular weight excluding hydrogens is 152 g/mol. The van der Waals surface area contributed by atoms with Crippen LogP contribution in [-0.4, -0.2) is 25.2 Å². The van der Waals surface area contributed by atoms with Crippen molar-refractivity contribution in [3.8, 4) is 0 Å². The average Bonchev–Trinajstić information content (AvgIpc) is 2.59. The predicted molar refractivity (Wildman–Crippen MR) is 47.7 cm³/mol. The van der Waals surface area contributed by atoms with Crippen LogP contribution >= 0.6 is 0 Å². The van der Waals surface area contributed by atoms with Gasteiger partial charge in [-0.25, -0.2) is 5.48 Å². The van der Waals surface area contributed by atoms with Crippen LogP contribution in [0.15, 0.2) is 12.2 Å². The maximum absolute atomic E-state index is 5.34. The van der Waals surface area contributed by atoms with E-state index in [1.165, 1.54) is 0 Å². The van der Waals surface area contributed by atoms with Crippen LogP contribution in [0.2, 0.25) is 0 Å². The third-order valence-corrected chi connectivity index (χ3v) is 2.48. The van der Waals surface area contributed by atoms with E-state index in [1.807, 2.05) is 0 Å². The lowest BCUT2D eigenvalue weighted by atomic mass is 10.0. The molecule has 0 aromatic carbocycles. The Balaban J connectivity index is 1.74. The lowest BCUT2D eigenvalue weighted by Gasteiger charge is -2.21. The summed E-state index contributed by atoms with van der Waals surface area (Å²) in [5.41, 5.74) is 2.92. The van der Waals surface area contributed by atoms with Gasteiger partial charge in [-0.05, 0) is 19.3 Å². The Hall–Kier alpha value is -0.380. The first kappa shape index (κ1) is 8.23. The van der Waals surface area contributed by atoms with Gasteiger partial charge in [0, 0.05) is 19.1 Å². The molecule has 0 aliphatic carbocycles. The van der Waals surface area contributed by atoms with Crippen LogP contribution in [0.25, 0.3) is 0 Å². The van der Waals surface area contributed by atoms with Gasteiger partial charge in [-0.3, -0.25) is 4.84 Å². The fourth-order valence-corrected chi connectivity index (χ4v) is 1.78. The Morgan fingerprint density at radius 2 is 2.42 bits per heavy atom. The molecule has 1 fully saturated rings. The number of hydroxylamine groups is 1. The Morgan fingerprint density at radius 3 is 3.08 bits per heavy atom. The molecule has 0 amide bonds.